The minimum absolute atomic E-state index is 0.156. The summed E-state index contributed by atoms with van der Waals surface area (Å²) >= 11 is 1.43. The Morgan fingerprint density at radius 2 is 1.86 bits per heavy atom. The van der Waals surface area contributed by atoms with Crippen molar-refractivity contribution >= 4 is 29.3 Å². The van der Waals surface area contributed by atoms with E-state index in [2.05, 4.69) is 54.0 Å². The van der Waals surface area contributed by atoms with Crippen LogP contribution in [0.4, 0.5) is 17.6 Å². The fourth-order valence-electron chi connectivity index (χ4n) is 2.71. The van der Waals surface area contributed by atoms with E-state index in [1.54, 1.807) is 4.68 Å². The monoisotopic (exact) mass is 405 g/mol. The van der Waals surface area contributed by atoms with Gasteiger partial charge in [-0.15, -0.1) is 5.10 Å². The smallest absolute Gasteiger partial charge is 0.232 e. The van der Waals surface area contributed by atoms with Crippen molar-refractivity contribution in [2.75, 3.05) is 11.1 Å². The second kappa shape index (κ2) is 8.23. The highest BCUT2D eigenvalue weighted by Gasteiger charge is 2.13. The van der Waals surface area contributed by atoms with Crippen molar-refractivity contribution in [3.63, 3.8) is 0 Å². The standard InChI is InChI=1S/C19H19N9S/c1-12-8-9-13(2)15(10-12)28-19(25-26-27-28)29-11-16-22-17(20)24-18(23-16)21-14-6-4-3-5-7-14/h3-10H,11H2,1-2H3,(H3,20,21,22,23,24). The number of benzene rings is 2. The van der Waals surface area contributed by atoms with Crippen molar-refractivity contribution < 1.29 is 0 Å². The zero-order chi connectivity index (χ0) is 20.2. The van der Waals surface area contributed by atoms with Crippen LogP contribution in [-0.2, 0) is 5.75 Å². The molecule has 10 heteroatoms. The number of hydrogen-bond acceptors (Lipinski definition) is 9. The molecule has 0 atom stereocenters. The normalized spacial score (nSPS) is 10.8. The quantitative estimate of drug-likeness (QED) is 0.466. The average Bonchev–Trinajstić information content (AvgIpc) is 3.17. The van der Waals surface area contributed by atoms with E-state index in [1.807, 2.05) is 44.2 Å². The van der Waals surface area contributed by atoms with E-state index >= 15 is 0 Å². The summed E-state index contributed by atoms with van der Waals surface area (Å²) in [5, 5.41) is 15.9. The van der Waals surface area contributed by atoms with Gasteiger partial charge in [0.15, 0.2) is 0 Å². The fraction of sp³-hybridized carbons (Fsp3) is 0.158. The molecule has 0 bridgehead atoms. The Balaban J connectivity index is 1.53. The summed E-state index contributed by atoms with van der Waals surface area (Å²) in [6.45, 7) is 4.06. The summed E-state index contributed by atoms with van der Waals surface area (Å²) in [6, 6.07) is 15.8. The highest BCUT2D eigenvalue weighted by Crippen LogP contribution is 2.24. The van der Waals surface area contributed by atoms with Crippen molar-refractivity contribution in [1.29, 1.82) is 0 Å². The number of aromatic nitrogens is 7. The molecule has 0 aliphatic rings. The third-order valence-electron chi connectivity index (χ3n) is 4.09. The van der Waals surface area contributed by atoms with E-state index in [9.17, 15) is 0 Å². The molecular weight excluding hydrogens is 386 g/mol. The van der Waals surface area contributed by atoms with E-state index in [0.29, 0.717) is 22.7 Å². The number of aryl methyl sites for hydroxylation is 2. The zero-order valence-electron chi connectivity index (χ0n) is 15.9. The number of para-hydroxylation sites is 1. The first-order valence-electron chi connectivity index (χ1n) is 8.90. The third-order valence-corrected chi connectivity index (χ3v) is 5.01. The van der Waals surface area contributed by atoms with Gasteiger partial charge in [0.2, 0.25) is 17.1 Å². The van der Waals surface area contributed by atoms with Crippen LogP contribution in [0.5, 0.6) is 0 Å². The minimum Gasteiger partial charge on any atom is -0.368 e. The molecule has 0 fully saturated rings. The van der Waals surface area contributed by atoms with Crippen molar-refractivity contribution in [3.8, 4) is 5.69 Å². The molecule has 146 valence electrons. The Bertz CT molecular complexity index is 1130. The van der Waals surface area contributed by atoms with Crippen molar-refractivity contribution in [2.24, 2.45) is 0 Å². The maximum atomic E-state index is 5.86. The molecule has 0 unspecified atom stereocenters. The number of thioether (sulfide) groups is 1. The van der Waals surface area contributed by atoms with Gasteiger partial charge in [-0.25, -0.2) is 0 Å². The number of nitrogens with two attached hydrogens (primary N) is 1. The predicted molar refractivity (Wildman–Crippen MR) is 112 cm³/mol. The van der Waals surface area contributed by atoms with Gasteiger partial charge in [0.05, 0.1) is 11.4 Å². The third kappa shape index (κ3) is 4.49. The summed E-state index contributed by atoms with van der Waals surface area (Å²) in [7, 11) is 0. The molecule has 2 heterocycles. The Labute approximate surface area is 171 Å². The molecule has 0 aliphatic carbocycles. The highest BCUT2D eigenvalue weighted by molar-refractivity contribution is 7.98. The number of hydrogen-bond donors (Lipinski definition) is 2. The van der Waals surface area contributed by atoms with Crippen LogP contribution in [0, 0.1) is 13.8 Å². The van der Waals surface area contributed by atoms with E-state index < -0.39 is 0 Å². The molecule has 2 aromatic carbocycles. The van der Waals surface area contributed by atoms with Crippen LogP contribution in [0.3, 0.4) is 0 Å². The van der Waals surface area contributed by atoms with Gasteiger partial charge in [-0.2, -0.15) is 19.6 Å². The Morgan fingerprint density at radius 1 is 1.03 bits per heavy atom. The molecular formula is C19H19N9S. The van der Waals surface area contributed by atoms with Gasteiger partial charge in [-0.3, -0.25) is 0 Å². The summed E-state index contributed by atoms with van der Waals surface area (Å²) in [4.78, 5) is 12.8. The first-order valence-corrected chi connectivity index (χ1v) is 9.88. The van der Waals surface area contributed by atoms with E-state index in [-0.39, 0.29) is 5.95 Å². The summed E-state index contributed by atoms with van der Waals surface area (Å²) in [6.07, 6.45) is 0. The van der Waals surface area contributed by atoms with Gasteiger partial charge in [-0.1, -0.05) is 42.1 Å². The largest absolute Gasteiger partial charge is 0.368 e. The zero-order valence-corrected chi connectivity index (χ0v) is 16.8. The Morgan fingerprint density at radius 3 is 2.69 bits per heavy atom. The van der Waals surface area contributed by atoms with E-state index in [1.165, 1.54) is 11.8 Å². The molecule has 4 aromatic rings. The molecule has 3 N–H and O–H groups in total. The lowest BCUT2D eigenvalue weighted by molar-refractivity contribution is 0.751. The first kappa shape index (κ1) is 18.8. The summed E-state index contributed by atoms with van der Waals surface area (Å²) in [5.41, 5.74) is 9.90. The molecule has 0 spiro atoms. The van der Waals surface area contributed by atoms with Crippen LogP contribution in [0.25, 0.3) is 5.69 Å². The van der Waals surface area contributed by atoms with Crippen molar-refractivity contribution in [3.05, 3.63) is 65.5 Å². The van der Waals surface area contributed by atoms with Gasteiger partial charge >= 0.3 is 0 Å². The second-order valence-electron chi connectivity index (χ2n) is 6.38. The lowest BCUT2D eigenvalue weighted by Crippen LogP contribution is -2.07. The summed E-state index contributed by atoms with van der Waals surface area (Å²) in [5.74, 6) is 1.54. The molecule has 0 radical (unpaired) electrons. The number of nitrogens with one attached hydrogen (secondary N) is 1. The highest BCUT2D eigenvalue weighted by atomic mass is 32.2. The fourth-order valence-corrected chi connectivity index (χ4v) is 3.44. The van der Waals surface area contributed by atoms with Gasteiger partial charge in [-0.05, 0) is 53.6 Å². The van der Waals surface area contributed by atoms with Crippen LogP contribution in [-0.4, -0.2) is 35.2 Å². The number of tetrazole rings is 1. The minimum atomic E-state index is 0.156. The molecule has 0 saturated carbocycles. The predicted octanol–water partition coefficient (Wildman–Crippen LogP) is 3.08. The SMILES string of the molecule is Cc1ccc(C)c(-n2nnnc2SCc2nc(N)nc(Nc3ccccc3)n2)c1. The van der Waals surface area contributed by atoms with Gasteiger partial charge in [0.25, 0.3) is 0 Å². The molecule has 0 amide bonds. The average molecular weight is 405 g/mol. The number of nitrogens with zero attached hydrogens (tertiary/aromatic N) is 7. The molecule has 29 heavy (non-hydrogen) atoms. The maximum Gasteiger partial charge on any atom is 0.232 e. The Kier molecular flexibility index (Phi) is 5.34. The van der Waals surface area contributed by atoms with Crippen LogP contribution in [0.2, 0.25) is 0 Å². The van der Waals surface area contributed by atoms with E-state index in [0.717, 1.165) is 22.5 Å². The number of nitrogen functional groups attached to an aromatic ring is 1. The van der Waals surface area contributed by atoms with Crippen LogP contribution in [0.1, 0.15) is 17.0 Å². The topological polar surface area (TPSA) is 120 Å². The lowest BCUT2D eigenvalue weighted by Gasteiger charge is -2.09. The van der Waals surface area contributed by atoms with Gasteiger partial charge in [0.1, 0.15) is 5.82 Å². The van der Waals surface area contributed by atoms with Gasteiger partial charge in [0, 0.05) is 5.69 Å². The number of rotatable bonds is 6. The Hall–Kier alpha value is -3.53. The molecule has 4 rings (SSSR count). The number of anilines is 3. The van der Waals surface area contributed by atoms with Crippen LogP contribution in [0.15, 0.2) is 53.7 Å². The molecule has 0 aliphatic heterocycles. The van der Waals surface area contributed by atoms with Crippen molar-refractivity contribution in [2.45, 2.75) is 24.8 Å². The second-order valence-corrected chi connectivity index (χ2v) is 7.32. The molecule has 9 nitrogen and oxygen atoms in total. The van der Waals surface area contributed by atoms with Gasteiger partial charge < -0.3 is 11.1 Å². The maximum absolute atomic E-state index is 5.86. The van der Waals surface area contributed by atoms with Crippen LogP contribution >= 0.6 is 11.8 Å². The molecule has 2 aromatic heterocycles. The molecule has 0 saturated heterocycles. The summed E-state index contributed by atoms with van der Waals surface area (Å²) < 4.78 is 1.72. The first-order chi connectivity index (χ1) is 14.1. The van der Waals surface area contributed by atoms with Crippen LogP contribution < -0.4 is 11.1 Å². The lowest BCUT2D eigenvalue weighted by atomic mass is 10.1. The van der Waals surface area contributed by atoms with Crippen molar-refractivity contribution in [1.82, 2.24) is 35.2 Å². The van der Waals surface area contributed by atoms with E-state index in [4.69, 9.17) is 5.73 Å².